The average molecular weight is 158 g/mol. The summed E-state index contributed by atoms with van der Waals surface area (Å²) in [6.07, 6.45) is 2.71. The van der Waals surface area contributed by atoms with Crippen LogP contribution in [0, 0.1) is 5.41 Å². The van der Waals surface area contributed by atoms with Gasteiger partial charge in [-0.05, 0) is 11.8 Å². The average Bonchev–Trinajstić information content (AvgIpc) is 1.86. The Kier molecular flexibility index (Phi) is 4.16. The Balaban J connectivity index is 3.80. The monoisotopic (exact) mass is 158 g/mol. The van der Waals surface area contributed by atoms with Gasteiger partial charge in [0, 0.05) is 0 Å². The molecule has 0 N–H and O–H groups in total. The van der Waals surface area contributed by atoms with E-state index >= 15 is 0 Å². The number of hydrogen-bond acceptors (Lipinski definition) is 2. The summed E-state index contributed by atoms with van der Waals surface area (Å²) in [7, 11) is 1.43. The number of carbonyl (C=O) groups excluding carboxylic acids is 1. The van der Waals surface area contributed by atoms with Gasteiger partial charge in [0.1, 0.15) is 0 Å². The number of carbonyl (C=O) groups is 1. The standard InChI is InChI=1S/C9H18O2/c1-5-6-9(2,3)7-8(10)11-4/h5-7H2,1-4H3. The molecule has 0 amide bonds. The highest BCUT2D eigenvalue weighted by Gasteiger charge is 2.20. The molecule has 11 heavy (non-hydrogen) atoms. The first-order valence-corrected chi connectivity index (χ1v) is 4.08. The molecule has 0 saturated heterocycles. The first kappa shape index (κ1) is 10.5. The Bertz CT molecular complexity index is 128. The Morgan fingerprint density at radius 3 is 2.36 bits per heavy atom. The summed E-state index contributed by atoms with van der Waals surface area (Å²) in [4.78, 5) is 10.9. The van der Waals surface area contributed by atoms with Crippen LogP contribution in [0.4, 0.5) is 0 Å². The van der Waals surface area contributed by atoms with E-state index in [-0.39, 0.29) is 11.4 Å². The number of methoxy groups -OCH3 is 1. The molecule has 2 heteroatoms. The van der Waals surface area contributed by atoms with Gasteiger partial charge in [-0.2, -0.15) is 0 Å². The summed E-state index contributed by atoms with van der Waals surface area (Å²) >= 11 is 0. The van der Waals surface area contributed by atoms with Crippen molar-refractivity contribution < 1.29 is 9.53 Å². The van der Waals surface area contributed by atoms with Crippen molar-refractivity contribution in [2.24, 2.45) is 5.41 Å². The van der Waals surface area contributed by atoms with E-state index in [0.29, 0.717) is 6.42 Å². The van der Waals surface area contributed by atoms with Crippen molar-refractivity contribution >= 4 is 5.97 Å². The van der Waals surface area contributed by atoms with Gasteiger partial charge < -0.3 is 4.74 Å². The zero-order valence-electron chi connectivity index (χ0n) is 7.94. The van der Waals surface area contributed by atoms with E-state index in [1.54, 1.807) is 0 Å². The van der Waals surface area contributed by atoms with Gasteiger partial charge in [0.15, 0.2) is 0 Å². The fraction of sp³-hybridized carbons (Fsp3) is 0.889. The topological polar surface area (TPSA) is 26.3 Å². The van der Waals surface area contributed by atoms with E-state index in [4.69, 9.17) is 0 Å². The van der Waals surface area contributed by atoms with Crippen LogP contribution in [0.3, 0.4) is 0 Å². The summed E-state index contributed by atoms with van der Waals surface area (Å²) < 4.78 is 4.59. The fourth-order valence-electron chi connectivity index (χ4n) is 1.23. The van der Waals surface area contributed by atoms with Crippen molar-refractivity contribution in [3.63, 3.8) is 0 Å². The molecule has 0 atom stereocenters. The maximum atomic E-state index is 10.9. The molecule has 0 radical (unpaired) electrons. The predicted molar refractivity (Wildman–Crippen MR) is 45.3 cm³/mol. The van der Waals surface area contributed by atoms with E-state index in [2.05, 4.69) is 25.5 Å². The van der Waals surface area contributed by atoms with Gasteiger partial charge in [0.2, 0.25) is 0 Å². The van der Waals surface area contributed by atoms with Crippen LogP contribution < -0.4 is 0 Å². The molecule has 0 unspecified atom stereocenters. The van der Waals surface area contributed by atoms with Crippen LogP contribution in [-0.4, -0.2) is 13.1 Å². The number of hydrogen-bond donors (Lipinski definition) is 0. The van der Waals surface area contributed by atoms with Gasteiger partial charge in [-0.1, -0.05) is 27.2 Å². The smallest absolute Gasteiger partial charge is 0.306 e. The molecule has 2 nitrogen and oxygen atoms in total. The van der Waals surface area contributed by atoms with Crippen LogP contribution in [0.5, 0.6) is 0 Å². The normalized spacial score (nSPS) is 11.3. The third-order valence-electron chi connectivity index (χ3n) is 1.78. The molecule has 0 aliphatic carbocycles. The molecule has 0 aliphatic rings. The van der Waals surface area contributed by atoms with Crippen LogP contribution >= 0.6 is 0 Å². The van der Waals surface area contributed by atoms with Crippen LogP contribution in [0.2, 0.25) is 0 Å². The SMILES string of the molecule is CCCC(C)(C)CC(=O)OC. The quantitative estimate of drug-likeness (QED) is 0.587. The predicted octanol–water partition coefficient (Wildman–Crippen LogP) is 2.38. The second-order valence-corrected chi connectivity index (χ2v) is 3.67. The molecule has 0 bridgehead atoms. The molecule has 0 aliphatic heterocycles. The van der Waals surface area contributed by atoms with Crippen LogP contribution in [0.15, 0.2) is 0 Å². The van der Waals surface area contributed by atoms with Crippen molar-refractivity contribution in [1.29, 1.82) is 0 Å². The van der Waals surface area contributed by atoms with Crippen LogP contribution in [0.1, 0.15) is 40.0 Å². The largest absolute Gasteiger partial charge is 0.469 e. The van der Waals surface area contributed by atoms with Gasteiger partial charge in [-0.3, -0.25) is 4.79 Å². The maximum absolute atomic E-state index is 10.9. The third-order valence-corrected chi connectivity index (χ3v) is 1.78. The molecule has 0 aromatic carbocycles. The summed E-state index contributed by atoms with van der Waals surface area (Å²) in [5, 5.41) is 0. The lowest BCUT2D eigenvalue weighted by molar-refractivity contribution is -0.143. The highest BCUT2D eigenvalue weighted by Crippen LogP contribution is 2.26. The lowest BCUT2D eigenvalue weighted by atomic mass is 9.85. The summed E-state index contributed by atoms with van der Waals surface area (Å²) in [5.74, 6) is -0.108. The molecule has 0 aromatic rings. The van der Waals surface area contributed by atoms with Gasteiger partial charge >= 0.3 is 5.97 Å². The zero-order valence-corrected chi connectivity index (χ0v) is 7.94. The van der Waals surface area contributed by atoms with E-state index in [9.17, 15) is 4.79 Å². The first-order valence-electron chi connectivity index (χ1n) is 4.08. The lowest BCUT2D eigenvalue weighted by Crippen LogP contribution is -2.17. The molecule has 0 aromatic heterocycles. The van der Waals surface area contributed by atoms with E-state index in [1.807, 2.05) is 0 Å². The minimum absolute atomic E-state index is 0.0991. The molecule has 66 valence electrons. The number of rotatable bonds is 4. The third kappa shape index (κ3) is 4.82. The minimum atomic E-state index is -0.108. The highest BCUT2D eigenvalue weighted by atomic mass is 16.5. The van der Waals surface area contributed by atoms with Crippen molar-refractivity contribution in [3.05, 3.63) is 0 Å². The molecule has 0 saturated carbocycles. The summed E-state index contributed by atoms with van der Waals surface area (Å²) in [6.45, 7) is 6.31. The summed E-state index contributed by atoms with van der Waals surface area (Å²) in [6, 6.07) is 0. The van der Waals surface area contributed by atoms with Crippen LogP contribution in [0.25, 0.3) is 0 Å². The highest BCUT2D eigenvalue weighted by molar-refractivity contribution is 5.69. The zero-order chi connectivity index (χ0) is 8.91. The number of esters is 1. The maximum Gasteiger partial charge on any atom is 0.306 e. The first-order chi connectivity index (χ1) is 5.02. The Labute approximate surface area is 68.9 Å². The Morgan fingerprint density at radius 2 is 2.00 bits per heavy atom. The van der Waals surface area contributed by atoms with Crippen molar-refractivity contribution in [2.45, 2.75) is 40.0 Å². The van der Waals surface area contributed by atoms with Crippen molar-refractivity contribution in [2.75, 3.05) is 7.11 Å². The van der Waals surface area contributed by atoms with E-state index in [0.717, 1.165) is 12.8 Å². The van der Waals surface area contributed by atoms with Gasteiger partial charge in [0.25, 0.3) is 0 Å². The number of ether oxygens (including phenoxy) is 1. The minimum Gasteiger partial charge on any atom is -0.469 e. The molecule has 0 fully saturated rings. The molecule has 0 spiro atoms. The van der Waals surface area contributed by atoms with Gasteiger partial charge in [-0.25, -0.2) is 0 Å². The fourth-order valence-corrected chi connectivity index (χ4v) is 1.23. The van der Waals surface area contributed by atoms with Crippen molar-refractivity contribution in [3.8, 4) is 0 Å². The van der Waals surface area contributed by atoms with Gasteiger partial charge in [-0.15, -0.1) is 0 Å². The second kappa shape index (κ2) is 4.37. The molecule has 0 heterocycles. The van der Waals surface area contributed by atoms with E-state index in [1.165, 1.54) is 7.11 Å². The van der Waals surface area contributed by atoms with Gasteiger partial charge in [0.05, 0.1) is 13.5 Å². The lowest BCUT2D eigenvalue weighted by Gasteiger charge is -2.21. The molecular formula is C9H18O2. The summed E-state index contributed by atoms with van der Waals surface area (Å²) in [5.41, 5.74) is 0.0991. The molecule has 0 rings (SSSR count). The molecular weight excluding hydrogens is 140 g/mol. The van der Waals surface area contributed by atoms with E-state index < -0.39 is 0 Å². The Morgan fingerprint density at radius 1 is 1.45 bits per heavy atom. The van der Waals surface area contributed by atoms with Crippen molar-refractivity contribution in [1.82, 2.24) is 0 Å². The Hall–Kier alpha value is -0.530. The second-order valence-electron chi connectivity index (χ2n) is 3.67. The van der Waals surface area contributed by atoms with Crippen LogP contribution in [-0.2, 0) is 9.53 Å².